The van der Waals surface area contributed by atoms with Gasteiger partial charge in [0.25, 0.3) is 5.91 Å². The van der Waals surface area contributed by atoms with Gasteiger partial charge < -0.3 is 19.7 Å². The molecule has 0 saturated carbocycles. The molecule has 2 amide bonds. The molecule has 1 N–H and O–H groups in total. The molecule has 0 aromatic heterocycles. The Morgan fingerprint density at radius 2 is 1.71 bits per heavy atom. The molecule has 2 aromatic rings. The van der Waals surface area contributed by atoms with Crippen molar-refractivity contribution in [3.05, 3.63) is 59.7 Å². The maximum Gasteiger partial charge on any atom is 0.254 e. The number of carbonyl (C=O) groups is 2. The minimum Gasteiger partial charge on any atom is -0.497 e. The molecule has 0 spiro atoms. The standard InChI is InChI=1S/C25H32N2O4/c1-17(2)11-12-26-24(28)23-16-27(25(29)19-8-6-10-21(14-19)31-4)15-22(23)18-7-5-9-20(13-18)30-3/h5-10,13-14,17,22-23H,11-12,15-16H2,1-4H3,(H,26,28)/t22-,23-/m1/s1. The van der Waals surface area contributed by atoms with E-state index in [2.05, 4.69) is 19.2 Å². The smallest absolute Gasteiger partial charge is 0.254 e. The van der Waals surface area contributed by atoms with Crippen LogP contribution in [0.15, 0.2) is 48.5 Å². The van der Waals surface area contributed by atoms with Crippen LogP contribution in [0.5, 0.6) is 11.5 Å². The van der Waals surface area contributed by atoms with Gasteiger partial charge in [0.1, 0.15) is 11.5 Å². The number of hydrogen-bond acceptors (Lipinski definition) is 4. The van der Waals surface area contributed by atoms with Gasteiger partial charge in [-0.3, -0.25) is 9.59 Å². The van der Waals surface area contributed by atoms with E-state index in [4.69, 9.17) is 9.47 Å². The molecule has 3 rings (SSSR count). The van der Waals surface area contributed by atoms with E-state index in [0.717, 1.165) is 17.7 Å². The molecule has 166 valence electrons. The first-order valence-electron chi connectivity index (χ1n) is 10.8. The summed E-state index contributed by atoms with van der Waals surface area (Å²) in [4.78, 5) is 28.0. The van der Waals surface area contributed by atoms with Gasteiger partial charge in [-0.1, -0.05) is 32.0 Å². The van der Waals surface area contributed by atoms with Crippen LogP contribution in [-0.2, 0) is 4.79 Å². The van der Waals surface area contributed by atoms with Gasteiger partial charge in [-0.15, -0.1) is 0 Å². The van der Waals surface area contributed by atoms with Crippen LogP contribution in [0.3, 0.4) is 0 Å². The topological polar surface area (TPSA) is 67.9 Å². The van der Waals surface area contributed by atoms with Gasteiger partial charge in [-0.25, -0.2) is 0 Å². The predicted octanol–water partition coefficient (Wildman–Crippen LogP) is 3.72. The molecule has 6 nitrogen and oxygen atoms in total. The number of carbonyl (C=O) groups excluding carboxylic acids is 2. The number of likely N-dealkylation sites (tertiary alicyclic amines) is 1. The average molecular weight is 425 g/mol. The van der Waals surface area contributed by atoms with E-state index in [1.54, 1.807) is 37.3 Å². The maximum absolute atomic E-state index is 13.2. The van der Waals surface area contributed by atoms with Gasteiger partial charge in [0, 0.05) is 31.1 Å². The van der Waals surface area contributed by atoms with E-state index in [9.17, 15) is 9.59 Å². The summed E-state index contributed by atoms with van der Waals surface area (Å²) in [6.07, 6.45) is 0.925. The highest BCUT2D eigenvalue weighted by molar-refractivity contribution is 5.95. The minimum absolute atomic E-state index is 0.00517. The summed E-state index contributed by atoms with van der Waals surface area (Å²) in [6.45, 7) is 5.77. The second-order valence-corrected chi connectivity index (χ2v) is 8.41. The van der Waals surface area contributed by atoms with Crippen LogP contribution in [-0.4, -0.2) is 50.6 Å². The Morgan fingerprint density at radius 1 is 1.03 bits per heavy atom. The summed E-state index contributed by atoms with van der Waals surface area (Å²) in [5.74, 6) is 1.40. The minimum atomic E-state index is -0.311. The van der Waals surface area contributed by atoms with Crippen molar-refractivity contribution in [1.29, 1.82) is 0 Å². The van der Waals surface area contributed by atoms with Gasteiger partial charge in [-0.05, 0) is 48.2 Å². The Kier molecular flexibility index (Phi) is 7.55. The summed E-state index contributed by atoms with van der Waals surface area (Å²) in [5, 5.41) is 3.07. The van der Waals surface area contributed by atoms with E-state index >= 15 is 0 Å². The van der Waals surface area contributed by atoms with Crippen molar-refractivity contribution in [3.63, 3.8) is 0 Å². The molecule has 1 heterocycles. The molecular formula is C25H32N2O4. The normalized spacial score (nSPS) is 18.2. The summed E-state index contributed by atoms with van der Waals surface area (Å²) >= 11 is 0. The average Bonchev–Trinajstić information content (AvgIpc) is 3.24. The molecule has 1 saturated heterocycles. The van der Waals surface area contributed by atoms with Crippen molar-refractivity contribution in [1.82, 2.24) is 10.2 Å². The van der Waals surface area contributed by atoms with Gasteiger partial charge in [0.15, 0.2) is 0 Å². The van der Waals surface area contributed by atoms with Crippen LogP contribution in [0.4, 0.5) is 0 Å². The Balaban J connectivity index is 1.83. The highest BCUT2D eigenvalue weighted by Gasteiger charge is 2.40. The van der Waals surface area contributed by atoms with Crippen molar-refractivity contribution in [2.75, 3.05) is 33.9 Å². The fraction of sp³-hybridized carbons (Fsp3) is 0.440. The van der Waals surface area contributed by atoms with Crippen molar-refractivity contribution < 1.29 is 19.1 Å². The largest absolute Gasteiger partial charge is 0.497 e. The van der Waals surface area contributed by atoms with Crippen LogP contribution in [0.1, 0.15) is 42.1 Å². The van der Waals surface area contributed by atoms with Crippen LogP contribution in [0, 0.1) is 11.8 Å². The zero-order valence-electron chi connectivity index (χ0n) is 18.8. The Hall–Kier alpha value is -3.02. The molecule has 0 aliphatic carbocycles. The van der Waals surface area contributed by atoms with Gasteiger partial charge in [0.2, 0.25) is 5.91 Å². The number of hydrogen-bond donors (Lipinski definition) is 1. The first-order valence-corrected chi connectivity index (χ1v) is 10.8. The lowest BCUT2D eigenvalue weighted by Crippen LogP contribution is -2.36. The second-order valence-electron chi connectivity index (χ2n) is 8.41. The van der Waals surface area contributed by atoms with E-state index in [1.807, 2.05) is 30.3 Å². The van der Waals surface area contributed by atoms with E-state index < -0.39 is 0 Å². The number of ether oxygens (including phenoxy) is 2. The second kappa shape index (κ2) is 10.3. The SMILES string of the molecule is COc1cccc(C(=O)N2C[C@H](c3cccc(OC)c3)[C@H](C(=O)NCCC(C)C)C2)c1. The van der Waals surface area contributed by atoms with E-state index in [1.165, 1.54) is 0 Å². The Morgan fingerprint density at radius 3 is 2.39 bits per heavy atom. The third-order valence-corrected chi connectivity index (χ3v) is 5.80. The Bertz CT molecular complexity index is 912. The van der Waals surface area contributed by atoms with Gasteiger partial charge >= 0.3 is 0 Å². The van der Waals surface area contributed by atoms with E-state index in [0.29, 0.717) is 36.9 Å². The van der Waals surface area contributed by atoms with Gasteiger partial charge in [-0.2, -0.15) is 0 Å². The van der Waals surface area contributed by atoms with Crippen LogP contribution >= 0.6 is 0 Å². The van der Waals surface area contributed by atoms with Crippen molar-refractivity contribution in [2.45, 2.75) is 26.2 Å². The summed E-state index contributed by atoms with van der Waals surface area (Å²) in [6, 6.07) is 14.9. The number of benzene rings is 2. The predicted molar refractivity (Wildman–Crippen MR) is 121 cm³/mol. The summed E-state index contributed by atoms with van der Waals surface area (Å²) < 4.78 is 10.6. The van der Waals surface area contributed by atoms with E-state index in [-0.39, 0.29) is 23.7 Å². The third kappa shape index (κ3) is 5.57. The number of amides is 2. The highest BCUT2D eigenvalue weighted by Crippen LogP contribution is 2.35. The molecule has 6 heteroatoms. The molecule has 0 bridgehead atoms. The number of rotatable bonds is 8. The zero-order chi connectivity index (χ0) is 22.4. The summed E-state index contributed by atoms with van der Waals surface area (Å²) in [5.41, 5.74) is 1.56. The molecule has 2 atom stereocenters. The lowest BCUT2D eigenvalue weighted by Gasteiger charge is -2.19. The van der Waals surface area contributed by atoms with Gasteiger partial charge in [0.05, 0.1) is 20.1 Å². The van der Waals surface area contributed by atoms with Crippen LogP contribution in [0.25, 0.3) is 0 Å². The molecule has 1 fully saturated rings. The van der Waals surface area contributed by atoms with Crippen molar-refractivity contribution in [3.8, 4) is 11.5 Å². The molecule has 2 aromatic carbocycles. The highest BCUT2D eigenvalue weighted by atomic mass is 16.5. The molecular weight excluding hydrogens is 392 g/mol. The number of nitrogens with one attached hydrogen (secondary N) is 1. The maximum atomic E-state index is 13.2. The zero-order valence-corrected chi connectivity index (χ0v) is 18.8. The number of nitrogens with zero attached hydrogens (tertiary/aromatic N) is 1. The third-order valence-electron chi connectivity index (χ3n) is 5.80. The molecule has 0 radical (unpaired) electrons. The fourth-order valence-corrected chi connectivity index (χ4v) is 4.00. The van der Waals surface area contributed by atoms with Crippen LogP contribution < -0.4 is 14.8 Å². The first-order chi connectivity index (χ1) is 14.9. The molecule has 0 unspecified atom stereocenters. The monoisotopic (exact) mass is 424 g/mol. The molecule has 31 heavy (non-hydrogen) atoms. The quantitative estimate of drug-likeness (QED) is 0.701. The fourth-order valence-electron chi connectivity index (χ4n) is 4.00. The lowest BCUT2D eigenvalue weighted by atomic mass is 9.88. The van der Waals surface area contributed by atoms with Crippen molar-refractivity contribution in [2.24, 2.45) is 11.8 Å². The first kappa shape index (κ1) is 22.7. The lowest BCUT2D eigenvalue weighted by molar-refractivity contribution is -0.124. The Labute approximate surface area is 184 Å². The van der Waals surface area contributed by atoms with Crippen LogP contribution in [0.2, 0.25) is 0 Å². The van der Waals surface area contributed by atoms with Crippen molar-refractivity contribution >= 4 is 11.8 Å². The molecule has 1 aliphatic heterocycles. The summed E-state index contributed by atoms with van der Waals surface area (Å²) in [7, 11) is 3.21. The number of methoxy groups -OCH3 is 2. The molecule has 1 aliphatic rings.